The largest absolute Gasteiger partial charge is 0.486 e. The van der Waals surface area contributed by atoms with Gasteiger partial charge in [0.05, 0.1) is 5.56 Å². The van der Waals surface area contributed by atoms with Gasteiger partial charge in [-0.2, -0.15) is 0 Å². The van der Waals surface area contributed by atoms with E-state index >= 15 is 0 Å². The van der Waals surface area contributed by atoms with Gasteiger partial charge in [0.25, 0.3) is 5.91 Å². The Morgan fingerprint density at radius 1 is 1.19 bits per heavy atom. The Kier molecular flexibility index (Phi) is 5.27. The SMILES string of the molecule is Cc1cc(C)c(C(=O)OCC(=O)Nc2ccc3c(c2)OCCO3)c(Cl)n1. The Bertz CT molecular complexity index is 846. The number of aromatic nitrogens is 1. The van der Waals surface area contributed by atoms with Crippen LogP contribution in [0.5, 0.6) is 11.5 Å². The predicted molar refractivity (Wildman–Crippen MR) is 95.1 cm³/mol. The number of benzene rings is 1. The zero-order valence-corrected chi connectivity index (χ0v) is 15.1. The molecule has 1 amide bonds. The number of esters is 1. The first-order valence-electron chi connectivity index (χ1n) is 7.94. The van der Waals surface area contributed by atoms with Gasteiger partial charge in [-0.1, -0.05) is 11.6 Å². The van der Waals surface area contributed by atoms with Crippen LogP contribution in [0.25, 0.3) is 0 Å². The lowest BCUT2D eigenvalue weighted by atomic mass is 10.1. The molecule has 3 rings (SSSR count). The predicted octanol–water partition coefficient (Wildman–Crippen LogP) is 2.92. The van der Waals surface area contributed by atoms with Crippen molar-refractivity contribution in [2.24, 2.45) is 0 Å². The van der Waals surface area contributed by atoms with E-state index in [2.05, 4.69) is 10.3 Å². The molecule has 0 saturated carbocycles. The molecule has 0 aliphatic carbocycles. The van der Waals surface area contributed by atoms with Gasteiger partial charge in [0.1, 0.15) is 18.4 Å². The lowest BCUT2D eigenvalue weighted by Gasteiger charge is -2.19. The average Bonchev–Trinajstić information content (AvgIpc) is 2.59. The number of rotatable bonds is 4. The molecule has 1 N–H and O–H groups in total. The topological polar surface area (TPSA) is 86.8 Å². The molecule has 0 atom stereocenters. The van der Waals surface area contributed by atoms with Crippen molar-refractivity contribution < 1.29 is 23.8 Å². The zero-order valence-electron chi connectivity index (χ0n) is 14.3. The van der Waals surface area contributed by atoms with Gasteiger partial charge in [-0.15, -0.1) is 0 Å². The molecule has 1 aromatic carbocycles. The monoisotopic (exact) mass is 376 g/mol. The fourth-order valence-electron chi connectivity index (χ4n) is 2.56. The van der Waals surface area contributed by atoms with Crippen LogP contribution in [0, 0.1) is 13.8 Å². The number of carbonyl (C=O) groups excluding carboxylic acids is 2. The van der Waals surface area contributed by atoms with E-state index in [1.54, 1.807) is 38.1 Å². The molecular weight excluding hydrogens is 360 g/mol. The van der Waals surface area contributed by atoms with Crippen LogP contribution in [-0.4, -0.2) is 36.7 Å². The van der Waals surface area contributed by atoms with Crippen LogP contribution >= 0.6 is 11.6 Å². The van der Waals surface area contributed by atoms with Crippen LogP contribution in [-0.2, 0) is 9.53 Å². The number of nitrogens with one attached hydrogen (secondary N) is 1. The number of anilines is 1. The number of nitrogens with zero attached hydrogens (tertiary/aromatic N) is 1. The fraction of sp³-hybridized carbons (Fsp3) is 0.278. The zero-order chi connectivity index (χ0) is 18.7. The number of aryl methyl sites for hydroxylation is 2. The molecule has 7 nitrogen and oxygen atoms in total. The molecule has 8 heteroatoms. The maximum Gasteiger partial charge on any atom is 0.342 e. The second-order valence-corrected chi connectivity index (χ2v) is 6.09. The fourth-order valence-corrected chi connectivity index (χ4v) is 2.92. The van der Waals surface area contributed by atoms with Gasteiger partial charge in [0, 0.05) is 17.4 Å². The first-order valence-corrected chi connectivity index (χ1v) is 8.32. The summed E-state index contributed by atoms with van der Waals surface area (Å²) in [6.45, 7) is 4.00. The standard InChI is InChI=1S/C18H17ClN2O5/c1-10-7-11(2)20-17(19)16(10)18(23)26-9-15(22)21-12-3-4-13-14(8-12)25-6-5-24-13/h3-4,7-8H,5-6,9H2,1-2H3,(H,21,22). The molecule has 2 aromatic rings. The number of hydrogen-bond acceptors (Lipinski definition) is 6. The number of hydrogen-bond donors (Lipinski definition) is 1. The summed E-state index contributed by atoms with van der Waals surface area (Å²) in [5.41, 5.74) is 2.01. The minimum absolute atomic E-state index is 0.0553. The summed E-state index contributed by atoms with van der Waals surface area (Å²) in [6, 6.07) is 6.76. The Labute approximate surface area is 155 Å². The highest BCUT2D eigenvalue weighted by Crippen LogP contribution is 2.32. The molecule has 0 fully saturated rings. The molecule has 0 radical (unpaired) electrons. The van der Waals surface area contributed by atoms with E-state index in [1.165, 1.54) is 0 Å². The van der Waals surface area contributed by atoms with E-state index in [0.29, 0.717) is 41.7 Å². The third-order valence-corrected chi connectivity index (χ3v) is 3.94. The summed E-state index contributed by atoms with van der Waals surface area (Å²) in [6.07, 6.45) is 0. The van der Waals surface area contributed by atoms with E-state index in [9.17, 15) is 9.59 Å². The number of carbonyl (C=O) groups is 2. The minimum Gasteiger partial charge on any atom is -0.486 e. The van der Waals surface area contributed by atoms with Crippen LogP contribution in [0.15, 0.2) is 24.3 Å². The normalized spacial score (nSPS) is 12.4. The van der Waals surface area contributed by atoms with Gasteiger partial charge in [-0.3, -0.25) is 4.79 Å². The summed E-state index contributed by atoms with van der Waals surface area (Å²) >= 11 is 6.00. The van der Waals surface area contributed by atoms with E-state index in [0.717, 1.165) is 0 Å². The summed E-state index contributed by atoms with van der Waals surface area (Å²) in [4.78, 5) is 28.2. The summed E-state index contributed by atoms with van der Waals surface area (Å²) in [5.74, 6) is -0.00181. The maximum absolute atomic E-state index is 12.2. The molecule has 1 aromatic heterocycles. The Balaban J connectivity index is 1.60. The number of amides is 1. The second kappa shape index (κ2) is 7.61. The first kappa shape index (κ1) is 18.0. The van der Waals surface area contributed by atoms with Crippen LogP contribution in [0.4, 0.5) is 5.69 Å². The molecule has 2 heterocycles. The third kappa shape index (κ3) is 4.05. The van der Waals surface area contributed by atoms with E-state index in [-0.39, 0.29) is 10.7 Å². The van der Waals surface area contributed by atoms with Crippen molar-refractivity contribution in [3.63, 3.8) is 0 Å². The molecule has 0 bridgehead atoms. The second-order valence-electron chi connectivity index (χ2n) is 5.73. The maximum atomic E-state index is 12.2. The molecular formula is C18H17ClN2O5. The van der Waals surface area contributed by atoms with Crippen LogP contribution in [0.3, 0.4) is 0 Å². The van der Waals surface area contributed by atoms with Crippen molar-refractivity contribution in [2.45, 2.75) is 13.8 Å². The van der Waals surface area contributed by atoms with E-state index < -0.39 is 18.5 Å². The van der Waals surface area contributed by atoms with Gasteiger partial charge < -0.3 is 19.5 Å². The van der Waals surface area contributed by atoms with Gasteiger partial charge in [-0.05, 0) is 37.6 Å². The summed E-state index contributed by atoms with van der Waals surface area (Å²) in [5, 5.41) is 2.69. The summed E-state index contributed by atoms with van der Waals surface area (Å²) < 4.78 is 15.9. The van der Waals surface area contributed by atoms with Gasteiger partial charge in [0.2, 0.25) is 0 Å². The van der Waals surface area contributed by atoms with E-state index in [1.807, 2.05) is 0 Å². The third-order valence-electron chi connectivity index (χ3n) is 3.66. The Hall–Kier alpha value is -2.80. The number of pyridine rings is 1. The van der Waals surface area contributed by atoms with Crippen molar-refractivity contribution in [1.29, 1.82) is 0 Å². The number of ether oxygens (including phenoxy) is 3. The number of fused-ring (bicyclic) bond motifs is 1. The molecule has 0 spiro atoms. The Morgan fingerprint density at radius 3 is 2.65 bits per heavy atom. The number of halogens is 1. The minimum atomic E-state index is -0.697. The van der Waals surface area contributed by atoms with Crippen molar-refractivity contribution in [3.8, 4) is 11.5 Å². The summed E-state index contributed by atoms with van der Waals surface area (Å²) in [7, 11) is 0. The molecule has 0 saturated heterocycles. The molecule has 26 heavy (non-hydrogen) atoms. The van der Waals surface area contributed by atoms with Crippen molar-refractivity contribution in [2.75, 3.05) is 25.1 Å². The lowest BCUT2D eigenvalue weighted by molar-refractivity contribution is -0.119. The quantitative estimate of drug-likeness (QED) is 0.652. The molecule has 136 valence electrons. The van der Waals surface area contributed by atoms with Crippen molar-refractivity contribution in [1.82, 2.24) is 4.98 Å². The highest BCUT2D eigenvalue weighted by molar-refractivity contribution is 6.32. The van der Waals surface area contributed by atoms with Gasteiger partial charge in [-0.25, -0.2) is 9.78 Å². The van der Waals surface area contributed by atoms with Crippen LogP contribution < -0.4 is 14.8 Å². The van der Waals surface area contributed by atoms with Crippen molar-refractivity contribution >= 4 is 29.2 Å². The van der Waals surface area contributed by atoms with Crippen molar-refractivity contribution in [3.05, 3.63) is 46.2 Å². The lowest BCUT2D eigenvalue weighted by Crippen LogP contribution is -2.22. The molecule has 1 aliphatic heterocycles. The van der Waals surface area contributed by atoms with Gasteiger partial charge >= 0.3 is 5.97 Å². The highest BCUT2D eigenvalue weighted by Gasteiger charge is 2.18. The Morgan fingerprint density at radius 2 is 1.92 bits per heavy atom. The average molecular weight is 377 g/mol. The first-order chi connectivity index (χ1) is 12.4. The highest BCUT2D eigenvalue weighted by atomic mass is 35.5. The van der Waals surface area contributed by atoms with Gasteiger partial charge in [0.15, 0.2) is 18.1 Å². The van der Waals surface area contributed by atoms with Crippen LogP contribution in [0.1, 0.15) is 21.6 Å². The molecule has 0 unspecified atom stereocenters. The van der Waals surface area contributed by atoms with Crippen LogP contribution in [0.2, 0.25) is 5.15 Å². The molecule has 1 aliphatic rings. The smallest absolute Gasteiger partial charge is 0.342 e. The van der Waals surface area contributed by atoms with E-state index in [4.69, 9.17) is 25.8 Å².